The second kappa shape index (κ2) is 5.33. The van der Waals surface area contributed by atoms with E-state index in [4.69, 9.17) is 34.3 Å². The molecular formula is C13H11ClN2OS. The van der Waals surface area contributed by atoms with Gasteiger partial charge in [-0.3, -0.25) is 0 Å². The van der Waals surface area contributed by atoms with Crippen LogP contribution in [0.1, 0.15) is 11.1 Å². The molecule has 18 heavy (non-hydrogen) atoms. The monoisotopic (exact) mass is 278 g/mol. The van der Waals surface area contributed by atoms with Crippen molar-refractivity contribution in [3.05, 3.63) is 52.7 Å². The zero-order valence-electron chi connectivity index (χ0n) is 9.68. The maximum absolute atomic E-state index is 5.93. The van der Waals surface area contributed by atoms with Gasteiger partial charge in [-0.05, 0) is 36.8 Å². The van der Waals surface area contributed by atoms with Crippen LogP contribution in [0.3, 0.4) is 0 Å². The smallest absolute Gasteiger partial charge is 0.229 e. The largest absolute Gasteiger partial charge is 0.438 e. The molecule has 2 rings (SSSR count). The van der Waals surface area contributed by atoms with Gasteiger partial charge < -0.3 is 10.5 Å². The molecule has 1 aromatic heterocycles. The van der Waals surface area contributed by atoms with E-state index >= 15 is 0 Å². The molecule has 0 fully saturated rings. The summed E-state index contributed by atoms with van der Waals surface area (Å²) in [5.41, 5.74) is 7.18. The predicted octanol–water partition coefficient (Wildman–Crippen LogP) is 3.47. The highest BCUT2D eigenvalue weighted by atomic mass is 35.5. The number of hydrogen-bond acceptors (Lipinski definition) is 3. The van der Waals surface area contributed by atoms with Gasteiger partial charge in [-0.15, -0.1) is 0 Å². The van der Waals surface area contributed by atoms with Gasteiger partial charge in [-0.25, -0.2) is 4.98 Å². The highest BCUT2D eigenvalue weighted by Gasteiger charge is 2.10. The van der Waals surface area contributed by atoms with Crippen LogP contribution in [-0.4, -0.2) is 9.97 Å². The van der Waals surface area contributed by atoms with Crippen molar-refractivity contribution in [1.82, 2.24) is 4.98 Å². The van der Waals surface area contributed by atoms with Gasteiger partial charge in [-0.1, -0.05) is 29.9 Å². The van der Waals surface area contributed by atoms with Crippen molar-refractivity contribution < 1.29 is 4.74 Å². The molecule has 2 N–H and O–H groups in total. The molecule has 0 unspecified atom stereocenters. The molecule has 1 aromatic carbocycles. The lowest BCUT2D eigenvalue weighted by Crippen LogP contribution is -2.11. The van der Waals surface area contributed by atoms with E-state index in [-0.39, 0.29) is 4.99 Å². The molecule has 2 aromatic rings. The van der Waals surface area contributed by atoms with Crippen molar-refractivity contribution in [1.29, 1.82) is 0 Å². The number of thiocarbonyl (C=S) groups is 1. The van der Waals surface area contributed by atoms with Gasteiger partial charge >= 0.3 is 0 Å². The first-order valence-corrected chi connectivity index (χ1v) is 6.05. The Bertz CT molecular complexity index is 601. The van der Waals surface area contributed by atoms with Crippen LogP contribution in [0.4, 0.5) is 0 Å². The first kappa shape index (κ1) is 12.8. The molecule has 0 saturated heterocycles. The maximum Gasteiger partial charge on any atom is 0.229 e. The summed E-state index contributed by atoms with van der Waals surface area (Å²) < 4.78 is 5.72. The van der Waals surface area contributed by atoms with E-state index < -0.39 is 0 Å². The van der Waals surface area contributed by atoms with Crippen molar-refractivity contribution in [2.75, 3.05) is 0 Å². The topological polar surface area (TPSA) is 48.1 Å². The molecule has 0 atom stereocenters. The third-order valence-corrected chi connectivity index (χ3v) is 2.85. The number of aryl methyl sites for hydroxylation is 1. The first-order chi connectivity index (χ1) is 8.58. The molecule has 5 heteroatoms. The molecule has 0 bridgehead atoms. The van der Waals surface area contributed by atoms with Crippen LogP contribution < -0.4 is 10.5 Å². The predicted molar refractivity (Wildman–Crippen MR) is 76.4 cm³/mol. The zero-order chi connectivity index (χ0) is 13.1. The molecule has 0 aliphatic rings. The van der Waals surface area contributed by atoms with Crippen LogP contribution in [0.5, 0.6) is 11.6 Å². The summed E-state index contributed by atoms with van der Waals surface area (Å²) in [6.07, 6.45) is 1.62. The summed E-state index contributed by atoms with van der Waals surface area (Å²) in [4.78, 5) is 4.38. The minimum absolute atomic E-state index is 0.248. The van der Waals surface area contributed by atoms with E-state index in [1.54, 1.807) is 30.5 Å². The van der Waals surface area contributed by atoms with Crippen molar-refractivity contribution in [2.24, 2.45) is 5.73 Å². The number of ether oxygens (including phenoxy) is 1. The Labute approximate surface area is 116 Å². The second-order valence-corrected chi connectivity index (χ2v) is 4.61. The summed E-state index contributed by atoms with van der Waals surface area (Å²) in [7, 11) is 0. The fraction of sp³-hybridized carbons (Fsp3) is 0.0769. The Hall–Kier alpha value is -1.65. The summed E-state index contributed by atoms with van der Waals surface area (Å²) >= 11 is 10.9. The minimum Gasteiger partial charge on any atom is -0.438 e. The lowest BCUT2D eigenvalue weighted by molar-refractivity contribution is 0.458. The van der Waals surface area contributed by atoms with Gasteiger partial charge in [0.25, 0.3) is 0 Å². The van der Waals surface area contributed by atoms with Crippen molar-refractivity contribution >= 4 is 28.8 Å². The van der Waals surface area contributed by atoms with Crippen LogP contribution in [-0.2, 0) is 0 Å². The summed E-state index contributed by atoms with van der Waals surface area (Å²) in [6, 6.07) is 8.93. The molecule has 3 nitrogen and oxygen atoms in total. The number of hydrogen-bond donors (Lipinski definition) is 1. The van der Waals surface area contributed by atoms with Gasteiger partial charge in [0, 0.05) is 11.2 Å². The molecule has 0 amide bonds. The number of aromatic nitrogens is 1. The molecule has 0 aliphatic carbocycles. The van der Waals surface area contributed by atoms with E-state index in [0.29, 0.717) is 22.2 Å². The Kier molecular flexibility index (Phi) is 3.79. The summed E-state index contributed by atoms with van der Waals surface area (Å²) in [6.45, 7) is 1.93. The fourth-order valence-corrected chi connectivity index (χ4v) is 1.77. The van der Waals surface area contributed by atoms with Gasteiger partial charge in [0.1, 0.15) is 10.7 Å². The van der Waals surface area contributed by atoms with Crippen LogP contribution in [0.2, 0.25) is 5.02 Å². The van der Waals surface area contributed by atoms with Crippen LogP contribution in [0, 0.1) is 6.92 Å². The van der Waals surface area contributed by atoms with Gasteiger partial charge in [0.15, 0.2) is 0 Å². The Balaban J connectivity index is 2.40. The first-order valence-electron chi connectivity index (χ1n) is 5.27. The lowest BCUT2D eigenvalue weighted by atomic mass is 10.2. The van der Waals surface area contributed by atoms with Crippen LogP contribution in [0.15, 0.2) is 36.5 Å². The quantitative estimate of drug-likeness (QED) is 0.874. The number of benzene rings is 1. The highest BCUT2D eigenvalue weighted by Crippen LogP contribution is 2.28. The highest BCUT2D eigenvalue weighted by molar-refractivity contribution is 7.80. The van der Waals surface area contributed by atoms with E-state index in [0.717, 1.165) is 5.56 Å². The molecular weight excluding hydrogens is 268 g/mol. The Morgan fingerprint density at radius 1 is 1.39 bits per heavy atom. The Morgan fingerprint density at radius 3 is 2.89 bits per heavy atom. The van der Waals surface area contributed by atoms with Crippen molar-refractivity contribution in [3.63, 3.8) is 0 Å². The molecule has 1 heterocycles. The zero-order valence-corrected chi connectivity index (χ0v) is 11.3. The fourth-order valence-electron chi connectivity index (χ4n) is 1.45. The number of rotatable bonds is 3. The molecule has 92 valence electrons. The molecule has 0 radical (unpaired) electrons. The molecule has 0 spiro atoms. The minimum atomic E-state index is 0.248. The summed E-state index contributed by atoms with van der Waals surface area (Å²) in [5.74, 6) is 1.02. The van der Waals surface area contributed by atoms with Crippen molar-refractivity contribution in [3.8, 4) is 11.6 Å². The number of nitrogens with two attached hydrogens (primary N) is 1. The third kappa shape index (κ3) is 2.78. The number of pyridine rings is 1. The normalized spacial score (nSPS) is 10.1. The lowest BCUT2D eigenvalue weighted by Gasteiger charge is -2.11. The number of nitrogens with zero attached hydrogens (tertiary/aromatic N) is 1. The van der Waals surface area contributed by atoms with E-state index in [2.05, 4.69) is 4.98 Å². The van der Waals surface area contributed by atoms with Gasteiger partial charge in [0.05, 0.1) is 5.56 Å². The average Bonchev–Trinajstić information content (AvgIpc) is 2.34. The standard InChI is InChI=1S/C13H11ClN2OS/c1-8-4-5-9(14)7-11(8)17-13-10(12(15)18)3-2-6-16-13/h2-7H,1H3,(H2,15,18). The van der Waals surface area contributed by atoms with Crippen molar-refractivity contribution in [2.45, 2.75) is 6.92 Å². The molecule has 0 aliphatic heterocycles. The Morgan fingerprint density at radius 2 is 2.17 bits per heavy atom. The SMILES string of the molecule is Cc1ccc(Cl)cc1Oc1ncccc1C(N)=S. The summed E-state index contributed by atoms with van der Waals surface area (Å²) in [5, 5.41) is 0.600. The van der Waals surface area contributed by atoms with E-state index in [1.807, 2.05) is 13.0 Å². The third-order valence-electron chi connectivity index (χ3n) is 2.39. The second-order valence-electron chi connectivity index (χ2n) is 3.73. The maximum atomic E-state index is 5.93. The van der Waals surface area contributed by atoms with E-state index in [9.17, 15) is 0 Å². The number of halogens is 1. The van der Waals surface area contributed by atoms with Crippen LogP contribution >= 0.6 is 23.8 Å². The van der Waals surface area contributed by atoms with Gasteiger partial charge in [-0.2, -0.15) is 0 Å². The van der Waals surface area contributed by atoms with Gasteiger partial charge in [0.2, 0.25) is 5.88 Å². The van der Waals surface area contributed by atoms with Crippen LogP contribution in [0.25, 0.3) is 0 Å². The van der Waals surface area contributed by atoms with E-state index in [1.165, 1.54) is 0 Å². The molecule has 0 saturated carbocycles. The average molecular weight is 279 g/mol.